The molecule has 1 N–H and O–H groups in total. The zero-order valence-corrected chi connectivity index (χ0v) is 16.5. The Balaban J connectivity index is 1.92. The minimum atomic E-state index is -1.60. The van der Waals surface area contributed by atoms with Gasteiger partial charge in [0.15, 0.2) is 17.5 Å². The van der Waals surface area contributed by atoms with Gasteiger partial charge in [0.1, 0.15) is 6.17 Å². The van der Waals surface area contributed by atoms with E-state index in [4.69, 9.17) is 0 Å². The molecule has 1 atom stereocenters. The smallest absolute Gasteiger partial charge is 0.335 e. The van der Waals surface area contributed by atoms with Crippen LogP contribution in [0.4, 0.5) is 17.6 Å². The quantitative estimate of drug-likeness (QED) is 0.306. The number of hydrogen-bond donors (Lipinski definition) is 1. The van der Waals surface area contributed by atoms with E-state index in [0.717, 1.165) is 31.4 Å². The van der Waals surface area contributed by atoms with Gasteiger partial charge in [0.05, 0.1) is 5.56 Å². The molecule has 160 valence electrons. The molecule has 0 spiro atoms. The van der Waals surface area contributed by atoms with Gasteiger partial charge in [-0.05, 0) is 78.8 Å². The van der Waals surface area contributed by atoms with Crippen molar-refractivity contribution in [1.29, 1.82) is 0 Å². The van der Waals surface area contributed by atoms with Crippen LogP contribution >= 0.6 is 0 Å². The summed E-state index contributed by atoms with van der Waals surface area (Å²) in [5.74, 6) is -5.32. The number of hydrogen-bond acceptors (Lipinski definition) is 1. The number of benzene rings is 2. The minimum absolute atomic E-state index is 0.0219. The molecule has 30 heavy (non-hydrogen) atoms. The van der Waals surface area contributed by atoms with E-state index in [-0.39, 0.29) is 34.6 Å². The van der Waals surface area contributed by atoms with Crippen LogP contribution in [0.5, 0.6) is 0 Å². The average molecular weight is 420 g/mol. The lowest BCUT2D eigenvalue weighted by atomic mass is 9.77. The number of rotatable bonds is 7. The van der Waals surface area contributed by atoms with Crippen molar-refractivity contribution in [2.75, 3.05) is 0 Å². The van der Waals surface area contributed by atoms with Crippen molar-refractivity contribution in [2.45, 2.75) is 44.7 Å². The number of carboxylic acids is 1. The molecule has 1 saturated carbocycles. The predicted molar refractivity (Wildman–Crippen MR) is 108 cm³/mol. The summed E-state index contributed by atoms with van der Waals surface area (Å²) in [7, 11) is 0. The van der Waals surface area contributed by atoms with Crippen molar-refractivity contribution in [3.63, 3.8) is 0 Å². The van der Waals surface area contributed by atoms with Gasteiger partial charge < -0.3 is 5.11 Å². The van der Waals surface area contributed by atoms with Crippen LogP contribution in [-0.2, 0) is 6.42 Å². The third-order valence-corrected chi connectivity index (χ3v) is 6.00. The van der Waals surface area contributed by atoms with Gasteiger partial charge in [0.25, 0.3) is 0 Å². The molecule has 0 bridgehead atoms. The van der Waals surface area contributed by atoms with Crippen LogP contribution in [-0.4, -0.2) is 17.2 Å². The van der Waals surface area contributed by atoms with E-state index >= 15 is 4.39 Å². The summed E-state index contributed by atoms with van der Waals surface area (Å²) in [6.07, 6.45) is 4.47. The van der Waals surface area contributed by atoms with Gasteiger partial charge in [-0.3, -0.25) is 0 Å². The number of allylic oxidation sites excluding steroid dienone is 1. The molecule has 1 unspecified atom stereocenters. The van der Waals surface area contributed by atoms with E-state index in [1.165, 1.54) is 18.2 Å². The molecule has 0 heterocycles. The fraction of sp³-hybridized carbons (Fsp3) is 0.375. The summed E-state index contributed by atoms with van der Waals surface area (Å²) in [5.41, 5.74) is 0.207. The van der Waals surface area contributed by atoms with Gasteiger partial charge in [0, 0.05) is 6.42 Å². The first-order valence-corrected chi connectivity index (χ1v) is 10.1. The second-order valence-electron chi connectivity index (χ2n) is 7.92. The fourth-order valence-electron chi connectivity index (χ4n) is 4.37. The van der Waals surface area contributed by atoms with Crippen LogP contribution in [0.3, 0.4) is 0 Å². The average Bonchev–Trinajstić information content (AvgIpc) is 2.72. The van der Waals surface area contributed by atoms with E-state index in [0.29, 0.717) is 18.8 Å². The highest BCUT2D eigenvalue weighted by molar-refractivity contribution is 5.92. The Morgan fingerprint density at radius 1 is 1.13 bits per heavy atom. The molecular formula is C24H24F4O2. The van der Waals surface area contributed by atoms with Gasteiger partial charge in [-0.2, -0.15) is 0 Å². The summed E-state index contributed by atoms with van der Waals surface area (Å²) < 4.78 is 56.1. The standard InChI is InChI=1S/C24H24F4O2/c1-2-4-14-7-9-15(10-8-14)20(25)13-19-17(5-3-6-18(19)24(29)30)16-11-21(26)23(28)22(27)12-16/h2-3,5-6,11-12,14-15,20H,1,4,7-10,13H2,(H,29,30)/t14-,15-,20?. The third kappa shape index (κ3) is 4.74. The molecular weight excluding hydrogens is 396 g/mol. The molecule has 2 nitrogen and oxygen atoms in total. The Hall–Kier alpha value is -2.63. The molecule has 2 aromatic rings. The van der Waals surface area contributed by atoms with Crippen LogP contribution in [0.2, 0.25) is 0 Å². The SMILES string of the molecule is C=CC[C@H]1CC[C@H](C(F)Cc2c(C(=O)O)cccc2-c2cc(F)c(F)c(F)c2)CC1. The monoisotopic (exact) mass is 420 g/mol. The van der Waals surface area contributed by atoms with E-state index < -0.39 is 29.6 Å². The molecule has 1 aliphatic carbocycles. The molecule has 3 rings (SSSR count). The van der Waals surface area contributed by atoms with Crippen LogP contribution in [0.25, 0.3) is 11.1 Å². The lowest BCUT2D eigenvalue weighted by Gasteiger charge is -2.30. The fourth-order valence-corrected chi connectivity index (χ4v) is 4.37. The van der Waals surface area contributed by atoms with E-state index in [1.54, 1.807) is 0 Å². The number of carbonyl (C=O) groups is 1. The van der Waals surface area contributed by atoms with Crippen molar-refractivity contribution in [1.82, 2.24) is 0 Å². The van der Waals surface area contributed by atoms with Gasteiger partial charge in [-0.1, -0.05) is 18.2 Å². The van der Waals surface area contributed by atoms with Crippen LogP contribution in [0.15, 0.2) is 43.0 Å². The molecule has 6 heteroatoms. The lowest BCUT2D eigenvalue weighted by molar-refractivity contribution is 0.0694. The molecule has 0 amide bonds. The Morgan fingerprint density at radius 3 is 2.33 bits per heavy atom. The van der Waals surface area contributed by atoms with Crippen molar-refractivity contribution in [3.8, 4) is 11.1 Å². The zero-order valence-electron chi connectivity index (χ0n) is 16.5. The number of halogens is 4. The molecule has 0 aliphatic heterocycles. The minimum Gasteiger partial charge on any atom is -0.478 e. The van der Waals surface area contributed by atoms with Gasteiger partial charge in [0.2, 0.25) is 0 Å². The predicted octanol–water partition coefficient (Wildman–Crippen LogP) is 6.73. The molecule has 2 aromatic carbocycles. The Kier molecular flexibility index (Phi) is 6.95. The Morgan fingerprint density at radius 2 is 1.77 bits per heavy atom. The van der Waals surface area contributed by atoms with E-state index in [9.17, 15) is 23.1 Å². The highest BCUT2D eigenvalue weighted by Crippen LogP contribution is 2.37. The topological polar surface area (TPSA) is 37.3 Å². The summed E-state index contributed by atoms with van der Waals surface area (Å²) in [6.45, 7) is 3.74. The summed E-state index contributed by atoms with van der Waals surface area (Å²) >= 11 is 0. The first kappa shape index (κ1) is 22.1. The zero-order chi connectivity index (χ0) is 21.8. The number of aromatic carboxylic acids is 1. The van der Waals surface area contributed by atoms with Crippen LogP contribution < -0.4 is 0 Å². The first-order chi connectivity index (χ1) is 14.3. The van der Waals surface area contributed by atoms with Crippen LogP contribution in [0, 0.1) is 29.3 Å². The van der Waals surface area contributed by atoms with Crippen molar-refractivity contribution >= 4 is 5.97 Å². The number of carboxylic acid groups (broad SMARTS) is 1. The van der Waals surface area contributed by atoms with Crippen LogP contribution in [0.1, 0.15) is 48.0 Å². The maximum Gasteiger partial charge on any atom is 0.335 e. The highest BCUT2D eigenvalue weighted by Gasteiger charge is 2.29. The number of alkyl halides is 1. The molecule has 0 radical (unpaired) electrons. The summed E-state index contributed by atoms with van der Waals surface area (Å²) in [5, 5.41) is 9.57. The van der Waals surface area contributed by atoms with E-state index in [2.05, 4.69) is 6.58 Å². The summed E-state index contributed by atoms with van der Waals surface area (Å²) in [6, 6.07) is 5.84. The lowest BCUT2D eigenvalue weighted by Crippen LogP contribution is -2.25. The van der Waals surface area contributed by atoms with Gasteiger partial charge in [-0.25, -0.2) is 22.4 Å². The first-order valence-electron chi connectivity index (χ1n) is 10.1. The second kappa shape index (κ2) is 9.45. The largest absolute Gasteiger partial charge is 0.478 e. The Labute approximate surface area is 173 Å². The normalized spacial score (nSPS) is 20.0. The second-order valence-corrected chi connectivity index (χ2v) is 7.92. The van der Waals surface area contributed by atoms with E-state index in [1.807, 2.05) is 6.08 Å². The maximum atomic E-state index is 15.2. The molecule has 1 aliphatic rings. The summed E-state index contributed by atoms with van der Waals surface area (Å²) in [4.78, 5) is 11.7. The third-order valence-electron chi connectivity index (χ3n) is 6.00. The van der Waals surface area contributed by atoms with Crippen molar-refractivity contribution in [3.05, 3.63) is 71.6 Å². The molecule has 0 aromatic heterocycles. The van der Waals surface area contributed by atoms with Crippen molar-refractivity contribution < 1.29 is 27.5 Å². The molecule has 1 fully saturated rings. The molecule has 0 saturated heterocycles. The Bertz CT molecular complexity index is 910. The van der Waals surface area contributed by atoms with Gasteiger partial charge in [-0.15, -0.1) is 6.58 Å². The highest BCUT2D eigenvalue weighted by atomic mass is 19.2. The van der Waals surface area contributed by atoms with Gasteiger partial charge >= 0.3 is 5.97 Å². The van der Waals surface area contributed by atoms with Crippen molar-refractivity contribution in [2.24, 2.45) is 11.8 Å². The maximum absolute atomic E-state index is 15.2.